The van der Waals surface area contributed by atoms with Gasteiger partial charge < -0.3 is 37.4 Å². The van der Waals surface area contributed by atoms with Crippen molar-refractivity contribution in [2.75, 3.05) is 30.4 Å². The van der Waals surface area contributed by atoms with Gasteiger partial charge in [-0.25, -0.2) is 9.97 Å². The zero-order chi connectivity index (χ0) is 35.3. The van der Waals surface area contributed by atoms with Gasteiger partial charge in [-0.2, -0.15) is 5.10 Å². The number of carbonyl (C=O) groups is 3. The van der Waals surface area contributed by atoms with Crippen LogP contribution in [-0.4, -0.2) is 81.9 Å². The SMILES string of the molecule is [B]C(O)(c1cccc(C=O)n1)N1CC(n2ncc3c2C(CC)N(C)c2c-3ccnc2NC(/C=C(\N)NC(=O)C2CC2)=C(/N)C(=O)NC2CC2)C1. The van der Waals surface area contributed by atoms with Crippen LogP contribution >= 0.6 is 0 Å². The maximum atomic E-state index is 13.1. The summed E-state index contributed by atoms with van der Waals surface area (Å²) in [5.74, 6) is -0.154. The number of anilines is 2. The second-order valence-electron chi connectivity index (χ2n) is 13.4. The number of aromatic nitrogens is 4. The Morgan fingerprint density at radius 3 is 2.58 bits per heavy atom. The summed E-state index contributed by atoms with van der Waals surface area (Å²) < 4.78 is 2.00. The van der Waals surface area contributed by atoms with Crippen molar-refractivity contribution in [1.29, 1.82) is 0 Å². The predicted molar refractivity (Wildman–Crippen MR) is 186 cm³/mol. The number of aldehydes is 1. The minimum absolute atomic E-state index is 0.0580. The van der Waals surface area contributed by atoms with Crippen molar-refractivity contribution in [1.82, 2.24) is 35.3 Å². The van der Waals surface area contributed by atoms with Crippen LogP contribution in [0, 0.1) is 5.92 Å². The number of amides is 2. The largest absolute Gasteiger partial charge is 0.393 e. The molecule has 1 saturated heterocycles. The summed E-state index contributed by atoms with van der Waals surface area (Å²) in [6.07, 6.45) is 9.73. The van der Waals surface area contributed by atoms with Crippen LogP contribution in [0.25, 0.3) is 11.1 Å². The van der Waals surface area contributed by atoms with Crippen molar-refractivity contribution in [3.8, 4) is 11.1 Å². The lowest BCUT2D eigenvalue weighted by Crippen LogP contribution is -2.59. The standard InChI is InChI=1S/C34H40BN11O4/c1-3-25-29-23(14-39-46(29)21-15-45(16-21)34(35,50)26-6-4-5-20(17-47)40-26)22-11-12-38-31(30(22)44(25)2)42-24(28(37)33(49)41-19-9-10-19)13-27(36)43-32(48)18-7-8-18/h4-6,11-14,17-19,21,25,50H,3,7-10,15-16,36-37H2,1-2H3,(H,38,42)(H,41,49)(H,43,48)/b27-13+,28-24+. The summed E-state index contributed by atoms with van der Waals surface area (Å²) in [5.41, 5.74) is 14.9. The van der Waals surface area contributed by atoms with Gasteiger partial charge in [0.15, 0.2) is 12.1 Å². The molecule has 2 amide bonds. The summed E-state index contributed by atoms with van der Waals surface area (Å²) in [7, 11) is 8.31. The summed E-state index contributed by atoms with van der Waals surface area (Å²) in [6.45, 7) is 2.91. The first kappa shape index (κ1) is 33.3. The molecule has 2 aliphatic heterocycles. The van der Waals surface area contributed by atoms with Gasteiger partial charge in [0.2, 0.25) is 5.91 Å². The van der Waals surface area contributed by atoms with Crippen LogP contribution in [0.3, 0.4) is 0 Å². The zero-order valence-electron chi connectivity index (χ0n) is 28.0. The monoisotopic (exact) mass is 677 g/mol. The highest BCUT2D eigenvalue weighted by Gasteiger charge is 2.44. The summed E-state index contributed by atoms with van der Waals surface area (Å²) >= 11 is 0. The Morgan fingerprint density at radius 2 is 1.90 bits per heavy atom. The van der Waals surface area contributed by atoms with E-state index >= 15 is 0 Å². The van der Waals surface area contributed by atoms with E-state index in [2.05, 4.69) is 37.7 Å². The van der Waals surface area contributed by atoms with E-state index in [9.17, 15) is 19.5 Å². The third-order valence-electron chi connectivity index (χ3n) is 9.75. The third kappa shape index (κ3) is 6.20. The van der Waals surface area contributed by atoms with Crippen LogP contribution in [0.2, 0.25) is 0 Å². The zero-order valence-corrected chi connectivity index (χ0v) is 28.0. The first-order valence-electron chi connectivity index (χ1n) is 16.8. The van der Waals surface area contributed by atoms with Gasteiger partial charge in [-0.3, -0.25) is 24.0 Å². The number of allylic oxidation sites excluding steroid dienone is 1. The molecule has 3 aromatic rings. The molecule has 5 heterocycles. The predicted octanol–water partition coefficient (Wildman–Crippen LogP) is 1.07. The van der Waals surface area contributed by atoms with Crippen LogP contribution in [0.4, 0.5) is 11.5 Å². The lowest BCUT2D eigenvalue weighted by molar-refractivity contribution is -0.121. The summed E-state index contributed by atoms with van der Waals surface area (Å²) in [5, 5.41) is 24.9. The van der Waals surface area contributed by atoms with Gasteiger partial charge in [-0.05, 0) is 50.3 Å². The van der Waals surface area contributed by atoms with Crippen molar-refractivity contribution in [2.45, 2.75) is 62.8 Å². The number of pyridine rings is 2. The van der Waals surface area contributed by atoms with Crippen LogP contribution in [0.5, 0.6) is 0 Å². The fourth-order valence-electron chi connectivity index (χ4n) is 6.60. The molecule has 2 saturated carbocycles. The Balaban J connectivity index is 1.18. The van der Waals surface area contributed by atoms with Crippen LogP contribution < -0.4 is 32.3 Å². The maximum Gasteiger partial charge on any atom is 0.269 e. The lowest BCUT2D eigenvalue weighted by Gasteiger charge is -2.49. The van der Waals surface area contributed by atoms with E-state index in [0.29, 0.717) is 25.2 Å². The first-order valence-corrected chi connectivity index (χ1v) is 16.8. The summed E-state index contributed by atoms with van der Waals surface area (Å²) in [4.78, 5) is 49.4. The molecule has 3 fully saturated rings. The number of likely N-dealkylation sites (tertiary alicyclic amines) is 1. The molecule has 258 valence electrons. The quantitative estimate of drug-likeness (QED) is 0.0689. The Kier molecular flexibility index (Phi) is 8.60. The third-order valence-corrected chi connectivity index (χ3v) is 9.75. The molecule has 2 unspecified atom stereocenters. The molecule has 2 radical (unpaired) electrons. The number of fused-ring (bicyclic) bond motifs is 3. The van der Waals surface area contributed by atoms with Crippen molar-refractivity contribution in [2.24, 2.45) is 17.4 Å². The normalized spacial score (nSPS) is 20.8. The van der Waals surface area contributed by atoms with E-state index < -0.39 is 11.5 Å². The number of hydrogen-bond acceptors (Lipinski definition) is 12. The average molecular weight is 678 g/mol. The van der Waals surface area contributed by atoms with Crippen LogP contribution in [0.15, 0.2) is 60.0 Å². The highest BCUT2D eigenvalue weighted by molar-refractivity contribution is 6.14. The number of aliphatic hydroxyl groups is 1. The van der Waals surface area contributed by atoms with E-state index in [1.807, 2.05) is 24.0 Å². The van der Waals surface area contributed by atoms with E-state index in [1.54, 1.807) is 29.3 Å². The molecule has 15 nitrogen and oxygen atoms in total. The number of carbonyl (C=O) groups excluding carboxylic acids is 3. The molecule has 0 spiro atoms. The minimum Gasteiger partial charge on any atom is -0.393 e. The molecule has 7 rings (SSSR count). The number of hydrogen-bond donors (Lipinski definition) is 6. The molecule has 3 aromatic heterocycles. The van der Waals surface area contributed by atoms with Crippen LogP contribution in [0.1, 0.15) is 73.0 Å². The Morgan fingerprint density at radius 1 is 1.14 bits per heavy atom. The highest BCUT2D eigenvalue weighted by Crippen LogP contribution is 2.49. The smallest absolute Gasteiger partial charge is 0.269 e. The minimum atomic E-state index is -1.86. The fraction of sp³-hybridized carbons (Fsp3) is 0.412. The molecular weight excluding hydrogens is 637 g/mol. The molecule has 4 aliphatic rings. The molecule has 16 heteroatoms. The molecule has 2 aliphatic carbocycles. The van der Waals surface area contributed by atoms with E-state index in [-0.39, 0.29) is 58.6 Å². The van der Waals surface area contributed by atoms with Gasteiger partial charge in [0.05, 0.1) is 41.1 Å². The Bertz CT molecular complexity index is 1910. The fourth-order valence-corrected chi connectivity index (χ4v) is 6.60. The second kappa shape index (κ2) is 12.9. The van der Waals surface area contributed by atoms with Crippen molar-refractivity contribution in [3.05, 3.63) is 77.0 Å². The van der Waals surface area contributed by atoms with Gasteiger partial charge in [0, 0.05) is 55.5 Å². The van der Waals surface area contributed by atoms with Gasteiger partial charge >= 0.3 is 0 Å². The number of rotatable bonds is 12. The molecule has 50 heavy (non-hydrogen) atoms. The van der Waals surface area contributed by atoms with Gasteiger partial charge in [-0.1, -0.05) is 13.0 Å². The Labute approximate surface area is 290 Å². The first-order chi connectivity index (χ1) is 24.0. The molecular formula is C34H40BN11O4. The van der Waals surface area contributed by atoms with Crippen molar-refractivity contribution >= 4 is 37.5 Å². The average Bonchev–Trinajstić information content (AvgIpc) is 4.02. The number of nitrogens with two attached hydrogens (primary N) is 2. The molecule has 2 atom stereocenters. The molecule has 0 bridgehead atoms. The lowest BCUT2D eigenvalue weighted by atomic mass is 9.82. The molecule has 8 N–H and O–H groups in total. The van der Waals surface area contributed by atoms with E-state index in [1.165, 1.54) is 6.08 Å². The number of nitrogens with zero attached hydrogens (tertiary/aromatic N) is 6. The van der Waals surface area contributed by atoms with Crippen molar-refractivity contribution < 1.29 is 19.5 Å². The molecule has 0 aromatic carbocycles. The second-order valence-corrected chi connectivity index (χ2v) is 13.4. The summed E-state index contributed by atoms with van der Waals surface area (Å²) in [6, 6.07) is 6.59. The Hall–Kier alpha value is -5.22. The number of nitrogens with one attached hydrogen (secondary N) is 3. The maximum absolute atomic E-state index is 13.1. The van der Waals surface area contributed by atoms with Gasteiger partial charge in [0.25, 0.3) is 5.91 Å². The highest BCUT2D eigenvalue weighted by atomic mass is 16.3. The van der Waals surface area contributed by atoms with Crippen molar-refractivity contribution in [3.63, 3.8) is 0 Å². The van der Waals surface area contributed by atoms with Gasteiger partial charge in [0.1, 0.15) is 30.7 Å². The van der Waals surface area contributed by atoms with Gasteiger partial charge in [-0.15, -0.1) is 0 Å². The van der Waals surface area contributed by atoms with Crippen LogP contribution in [-0.2, 0) is 15.2 Å². The van der Waals surface area contributed by atoms with E-state index in [4.69, 9.17) is 24.4 Å². The topological polar surface area (TPSA) is 210 Å². The van der Waals surface area contributed by atoms with E-state index in [0.717, 1.165) is 54.6 Å².